The van der Waals surface area contributed by atoms with E-state index in [1.165, 1.54) is 16.8 Å². The van der Waals surface area contributed by atoms with Gasteiger partial charge in [-0.1, -0.05) is 48.5 Å². The van der Waals surface area contributed by atoms with Crippen LogP contribution in [0.3, 0.4) is 0 Å². The van der Waals surface area contributed by atoms with Gasteiger partial charge in [0.2, 0.25) is 5.69 Å². The van der Waals surface area contributed by atoms with Gasteiger partial charge in [-0.2, -0.15) is 5.26 Å². The highest BCUT2D eigenvalue weighted by atomic mass is 16.3. The van der Waals surface area contributed by atoms with Gasteiger partial charge in [0, 0.05) is 47.2 Å². The van der Waals surface area contributed by atoms with Crippen molar-refractivity contribution in [1.82, 2.24) is 0 Å². The Morgan fingerprint density at radius 1 is 0.789 bits per heavy atom. The third kappa shape index (κ3) is 3.33. The molecule has 7 rings (SSSR count). The molecule has 4 aromatic carbocycles. The number of furan rings is 1. The van der Waals surface area contributed by atoms with Crippen molar-refractivity contribution in [2.24, 2.45) is 7.05 Å². The summed E-state index contributed by atoms with van der Waals surface area (Å²) in [6.45, 7) is 3.76. The molecular formula is C34H26N3O+. The quantitative estimate of drug-likeness (QED) is 0.241. The predicted molar refractivity (Wildman–Crippen MR) is 152 cm³/mol. The van der Waals surface area contributed by atoms with Crippen molar-refractivity contribution in [2.75, 3.05) is 4.90 Å². The Bertz CT molecular complexity index is 1910. The zero-order chi connectivity index (χ0) is 25.8. The number of nitriles is 1. The van der Waals surface area contributed by atoms with Crippen LogP contribution in [0.5, 0.6) is 0 Å². The fourth-order valence-electron chi connectivity index (χ4n) is 5.94. The Kier molecular flexibility index (Phi) is 5.06. The second-order valence-corrected chi connectivity index (χ2v) is 10.0. The van der Waals surface area contributed by atoms with Crippen molar-refractivity contribution in [1.29, 1.82) is 5.26 Å². The normalized spacial score (nSPS) is 12.7. The molecule has 38 heavy (non-hydrogen) atoms. The van der Waals surface area contributed by atoms with E-state index < -0.39 is 0 Å². The molecule has 6 aromatic rings. The van der Waals surface area contributed by atoms with Gasteiger partial charge in [-0.15, -0.1) is 0 Å². The zero-order valence-corrected chi connectivity index (χ0v) is 21.4. The lowest BCUT2D eigenvalue weighted by atomic mass is 9.92. The summed E-state index contributed by atoms with van der Waals surface area (Å²) < 4.78 is 8.92. The van der Waals surface area contributed by atoms with Gasteiger partial charge in [0.1, 0.15) is 18.2 Å². The Morgan fingerprint density at radius 3 is 2.34 bits per heavy atom. The number of hydrogen-bond acceptors (Lipinski definition) is 3. The van der Waals surface area contributed by atoms with E-state index in [1.807, 2.05) is 24.3 Å². The Hall–Kier alpha value is -4.88. The van der Waals surface area contributed by atoms with E-state index in [2.05, 4.69) is 102 Å². The highest BCUT2D eigenvalue weighted by Crippen LogP contribution is 2.44. The fourth-order valence-corrected chi connectivity index (χ4v) is 5.94. The lowest BCUT2D eigenvalue weighted by molar-refractivity contribution is -0.660. The molecule has 1 aliphatic rings. The molecule has 0 saturated heterocycles. The van der Waals surface area contributed by atoms with Gasteiger partial charge < -0.3 is 9.32 Å². The van der Waals surface area contributed by atoms with Crippen LogP contribution in [0.1, 0.15) is 22.3 Å². The molecule has 3 heterocycles. The van der Waals surface area contributed by atoms with Gasteiger partial charge in [-0.25, -0.2) is 4.57 Å². The van der Waals surface area contributed by atoms with E-state index in [0.717, 1.165) is 63.0 Å². The molecule has 0 amide bonds. The standard InChI is InChI=1S/C34H26N3O/c1-22-14-16-27-28-17-15-23(19-35)32(34(28)38-33(27)31(22)30-13-6-7-18-36(30)2)26-12-8-9-24-20-37(21-29(24)26)25-10-4-3-5-11-25/h3-18H,20-21H2,1-2H3/q+1. The van der Waals surface area contributed by atoms with Crippen molar-refractivity contribution in [3.05, 3.63) is 119 Å². The molecule has 4 nitrogen and oxygen atoms in total. The van der Waals surface area contributed by atoms with Gasteiger partial charge in [0.15, 0.2) is 6.20 Å². The molecule has 0 bridgehead atoms. The van der Waals surface area contributed by atoms with Gasteiger partial charge in [-0.05, 0) is 59.5 Å². The first-order valence-electron chi connectivity index (χ1n) is 12.9. The molecule has 0 unspecified atom stereocenters. The van der Waals surface area contributed by atoms with E-state index in [4.69, 9.17) is 4.42 Å². The minimum absolute atomic E-state index is 0.631. The summed E-state index contributed by atoms with van der Waals surface area (Å²) in [5.41, 5.74) is 11.3. The number of benzene rings is 4. The Morgan fingerprint density at radius 2 is 1.55 bits per heavy atom. The average Bonchev–Trinajstić information content (AvgIpc) is 3.55. The number of aryl methyl sites for hydroxylation is 2. The first-order chi connectivity index (χ1) is 18.6. The maximum atomic E-state index is 10.2. The van der Waals surface area contributed by atoms with Crippen LogP contribution in [-0.2, 0) is 20.1 Å². The van der Waals surface area contributed by atoms with Gasteiger partial charge in [0.05, 0.1) is 17.2 Å². The molecule has 0 fully saturated rings. The minimum atomic E-state index is 0.631. The highest BCUT2D eigenvalue weighted by molar-refractivity contribution is 6.14. The van der Waals surface area contributed by atoms with E-state index >= 15 is 0 Å². The molecular weight excluding hydrogens is 466 g/mol. The minimum Gasteiger partial charge on any atom is -0.454 e. The fraction of sp³-hybridized carbons (Fsp3) is 0.118. The number of para-hydroxylation sites is 1. The summed E-state index contributed by atoms with van der Waals surface area (Å²) in [4.78, 5) is 2.38. The highest BCUT2D eigenvalue weighted by Gasteiger charge is 2.27. The molecule has 0 saturated carbocycles. The predicted octanol–water partition coefficient (Wildman–Crippen LogP) is 7.44. The van der Waals surface area contributed by atoms with Crippen LogP contribution < -0.4 is 9.47 Å². The Balaban J connectivity index is 1.49. The first kappa shape index (κ1) is 22.3. The topological polar surface area (TPSA) is 44.1 Å². The van der Waals surface area contributed by atoms with E-state index in [0.29, 0.717) is 5.56 Å². The third-order valence-corrected chi connectivity index (χ3v) is 7.82. The van der Waals surface area contributed by atoms with Crippen molar-refractivity contribution in [3.8, 4) is 28.5 Å². The summed E-state index contributed by atoms with van der Waals surface area (Å²) >= 11 is 0. The molecule has 0 atom stereocenters. The summed E-state index contributed by atoms with van der Waals surface area (Å²) in [6, 6.07) is 33.9. The number of fused-ring (bicyclic) bond motifs is 4. The van der Waals surface area contributed by atoms with Crippen LogP contribution in [0.2, 0.25) is 0 Å². The van der Waals surface area contributed by atoms with Crippen molar-refractivity contribution in [3.63, 3.8) is 0 Å². The average molecular weight is 493 g/mol. The smallest absolute Gasteiger partial charge is 0.216 e. The molecule has 0 radical (unpaired) electrons. The number of aromatic nitrogens is 1. The number of rotatable bonds is 3. The van der Waals surface area contributed by atoms with E-state index in [9.17, 15) is 5.26 Å². The maximum absolute atomic E-state index is 10.2. The first-order valence-corrected chi connectivity index (χ1v) is 12.9. The van der Waals surface area contributed by atoms with Crippen LogP contribution in [0, 0.1) is 18.3 Å². The van der Waals surface area contributed by atoms with Gasteiger partial charge >= 0.3 is 0 Å². The number of pyridine rings is 1. The van der Waals surface area contributed by atoms with Gasteiger partial charge in [-0.3, -0.25) is 0 Å². The summed E-state index contributed by atoms with van der Waals surface area (Å²) in [7, 11) is 2.06. The molecule has 4 heteroatoms. The second kappa shape index (κ2) is 8.61. The van der Waals surface area contributed by atoms with Gasteiger partial charge in [0.25, 0.3) is 0 Å². The second-order valence-electron chi connectivity index (χ2n) is 10.0. The number of nitrogens with zero attached hydrogens (tertiary/aromatic N) is 3. The largest absolute Gasteiger partial charge is 0.454 e. The summed E-state index contributed by atoms with van der Waals surface area (Å²) in [5, 5.41) is 12.3. The summed E-state index contributed by atoms with van der Waals surface area (Å²) in [5.74, 6) is 0. The van der Waals surface area contributed by atoms with Crippen molar-refractivity contribution in [2.45, 2.75) is 20.0 Å². The number of hydrogen-bond donors (Lipinski definition) is 0. The van der Waals surface area contributed by atoms with E-state index in [1.54, 1.807) is 0 Å². The molecule has 182 valence electrons. The van der Waals surface area contributed by atoms with Crippen LogP contribution in [0.4, 0.5) is 5.69 Å². The SMILES string of the molecule is Cc1ccc2c(oc3c(-c4cccc5c4CN(c4ccccc4)C5)c(C#N)ccc32)c1-c1cccc[n+]1C. The van der Waals surface area contributed by atoms with Crippen LogP contribution >= 0.6 is 0 Å². The van der Waals surface area contributed by atoms with Crippen molar-refractivity contribution < 1.29 is 8.98 Å². The molecule has 0 N–H and O–H groups in total. The number of anilines is 1. The molecule has 0 spiro atoms. The monoisotopic (exact) mass is 492 g/mol. The zero-order valence-electron chi connectivity index (χ0n) is 21.4. The molecule has 2 aromatic heterocycles. The Labute approximate surface area is 221 Å². The van der Waals surface area contributed by atoms with Crippen LogP contribution in [-0.4, -0.2) is 0 Å². The lowest BCUT2D eigenvalue weighted by Gasteiger charge is -2.17. The van der Waals surface area contributed by atoms with E-state index in [-0.39, 0.29) is 0 Å². The van der Waals surface area contributed by atoms with Crippen molar-refractivity contribution >= 4 is 27.6 Å². The lowest BCUT2D eigenvalue weighted by Crippen LogP contribution is -2.30. The third-order valence-electron chi connectivity index (χ3n) is 7.82. The van der Waals surface area contributed by atoms with Crippen LogP contribution in [0.15, 0.2) is 102 Å². The maximum Gasteiger partial charge on any atom is 0.216 e. The molecule has 1 aliphatic heterocycles. The molecule has 0 aliphatic carbocycles. The van der Waals surface area contributed by atoms with Crippen LogP contribution in [0.25, 0.3) is 44.3 Å². The summed E-state index contributed by atoms with van der Waals surface area (Å²) in [6.07, 6.45) is 2.06.